The van der Waals surface area contributed by atoms with E-state index in [-0.39, 0.29) is 17.8 Å². The monoisotopic (exact) mass is 302 g/mol. The third kappa shape index (κ3) is 2.35. The van der Waals surface area contributed by atoms with Crippen molar-refractivity contribution in [2.75, 3.05) is 19.6 Å². The lowest BCUT2D eigenvalue weighted by Gasteiger charge is -2.34. The maximum Gasteiger partial charge on any atom is 0.261 e. The van der Waals surface area contributed by atoms with Gasteiger partial charge in [-0.25, -0.2) is 4.39 Å². The first kappa shape index (κ1) is 14.9. The van der Waals surface area contributed by atoms with Crippen LogP contribution < -0.4 is 5.32 Å². The van der Waals surface area contributed by atoms with Gasteiger partial charge >= 0.3 is 0 Å². The summed E-state index contributed by atoms with van der Waals surface area (Å²) in [4.78, 5) is 25.6. The summed E-state index contributed by atoms with van der Waals surface area (Å²) in [5.41, 5.74) is 1.11. The van der Waals surface area contributed by atoms with Crippen molar-refractivity contribution in [1.82, 2.24) is 10.2 Å². The molecule has 1 saturated heterocycles. The van der Waals surface area contributed by atoms with Crippen LogP contribution in [0, 0.1) is 5.41 Å². The van der Waals surface area contributed by atoms with Gasteiger partial charge in [-0.2, -0.15) is 0 Å². The quantitative estimate of drug-likeness (QED) is 0.854. The summed E-state index contributed by atoms with van der Waals surface area (Å²) >= 11 is 0. The summed E-state index contributed by atoms with van der Waals surface area (Å²) in [5, 5.41) is 3.24. The number of amides is 2. The highest BCUT2D eigenvalue weighted by molar-refractivity contribution is 6.21. The summed E-state index contributed by atoms with van der Waals surface area (Å²) in [7, 11) is 0. The van der Waals surface area contributed by atoms with Crippen molar-refractivity contribution < 1.29 is 14.0 Å². The van der Waals surface area contributed by atoms with Crippen molar-refractivity contribution in [2.45, 2.75) is 20.3 Å². The number of rotatable bonds is 2. The number of fused-ring (bicyclic) bond motifs is 1. The molecule has 2 amide bonds. The summed E-state index contributed by atoms with van der Waals surface area (Å²) in [6.07, 6.45) is 0.599. The molecular weight excluding hydrogens is 283 g/mol. The third-order valence-corrected chi connectivity index (χ3v) is 4.44. The van der Waals surface area contributed by atoms with Crippen LogP contribution in [-0.4, -0.2) is 36.3 Å². The zero-order chi connectivity index (χ0) is 15.9. The molecule has 3 rings (SSSR count). The first-order valence-corrected chi connectivity index (χ1v) is 7.46. The SMILES string of the molecule is CC1(C)CNCC/C1=C(/F)CN1C(=O)c2ccccc2C1=O. The van der Waals surface area contributed by atoms with Gasteiger partial charge in [0.15, 0.2) is 0 Å². The first-order valence-electron chi connectivity index (χ1n) is 7.46. The van der Waals surface area contributed by atoms with Gasteiger partial charge in [-0.1, -0.05) is 26.0 Å². The standard InChI is InChI=1S/C17H19FN2O2/c1-17(2)10-19-8-7-13(17)14(18)9-20-15(21)11-5-3-4-6-12(11)16(20)22/h3-6,19H,7-10H2,1-2H3/b14-13-. The molecule has 5 heteroatoms. The molecule has 0 aliphatic carbocycles. The van der Waals surface area contributed by atoms with Crippen LogP contribution >= 0.6 is 0 Å². The number of hydrogen-bond donors (Lipinski definition) is 1. The second-order valence-electron chi connectivity index (χ2n) is 6.44. The minimum atomic E-state index is -0.414. The minimum absolute atomic E-state index is 0.273. The molecule has 0 spiro atoms. The fraction of sp³-hybridized carbons (Fsp3) is 0.412. The van der Waals surface area contributed by atoms with E-state index >= 15 is 0 Å². The molecule has 0 saturated carbocycles. The van der Waals surface area contributed by atoms with Gasteiger partial charge in [0.25, 0.3) is 11.8 Å². The molecule has 1 N–H and O–H groups in total. The van der Waals surface area contributed by atoms with Crippen LogP contribution in [0.1, 0.15) is 41.0 Å². The second-order valence-corrected chi connectivity index (χ2v) is 6.44. The molecule has 0 unspecified atom stereocenters. The zero-order valence-corrected chi connectivity index (χ0v) is 12.8. The number of benzene rings is 1. The van der Waals surface area contributed by atoms with Crippen LogP contribution in [0.2, 0.25) is 0 Å². The number of carbonyl (C=O) groups is 2. The van der Waals surface area contributed by atoms with Crippen LogP contribution in [0.4, 0.5) is 4.39 Å². The molecule has 22 heavy (non-hydrogen) atoms. The van der Waals surface area contributed by atoms with E-state index in [1.54, 1.807) is 24.3 Å². The highest BCUT2D eigenvalue weighted by Gasteiger charge is 2.37. The normalized spacial score (nSPS) is 22.8. The molecule has 2 aliphatic heterocycles. The minimum Gasteiger partial charge on any atom is -0.316 e. The molecule has 4 nitrogen and oxygen atoms in total. The van der Waals surface area contributed by atoms with Gasteiger partial charge in [0.1, 0.15) is 5.83 Å². The Labute approximate surface area is 129 Å². The van der Waals surface area contributed by atoms with E-state index in [0.29, 0.717) is 36.2 Å². The second kappa shape index (κ2) is 5.32. The molecule has 0 radical (unpaired) electrons. The first-order chi connectivity index (χ1) is 10.4. The Bertz CT molecular complexity index is 644. The molecule has 1 fully saturated rings. The Balaban J connectivity index is 1.88. The van der Waals surface area contributed by atoms with Crippen molar-refractivity contribution >= 4 is 11.8 Å². The van der Waals surface area contributed by atoms with Crippen molar-refractivity contribution in [3.8, 4) is 0 Å². The van der Waals surface area contributed by atoms with Crippen LogP contribution in [-0.2, 0) is 0 Å². The van der Waals surface area contributed by atoms with Gasteiger partial charge in [0.05, 0.1) is 17.7 Å². The number of nitrogens with one attached hydrogen (secondary N) is 1. The summed E-state index contributed by atoms with van der Waals surface area (Å²) in [6.45, 7) is 5.07. The number of imide groups is 1. The Morgan fingerprint density at radius 2 is 1.82 bits per heavy atom. The van der Waals surface area contributed by atoms with Crippen LogP contribution in [0.5, 0.6) is 0 Å². The van der Waals surface area contributed by atoms with Gasteiger partial charge in [-0.3, -0.25) is 14.5 Å². The molecule has 116 valence electrons. The predicted molar refractivity (Wildman–Crippen MR) is 81.2 cm³/mol. The smallest absolute Gasteiger partial charge is 0.261 e. The lowest BCUT2D eigenvalue weighted by molar-refractivity contribution is 0.0658. The van der Waals surface area contributed by atoms with E-state index in [4.69, 9.17) is 0 Å². The van der Waals surface area contributed by atoms with E-state index in [9.17, 15) is 14.0 Å². The van der Waals surface area contributed by atoms with Gasteiger partial charge in [-0.05, 0) is 30.7 Å². The average Bonchev–Trinajstić information content (AvgIpc) is 2.72. The van der Waals surface area contributed by atoms with Crippen molar-refractivity contribution in [2.24, 2.45) is 5.41 Å². The molecule has 0 bridgehead atoms. The average molecular weight is 302 g/mol. The summed E-state index contributed by atoms with van der Waals surface area (Å²) in [5.74, 6) is -1.19. The van der Waals surface area contributed by atoms with Crippen molar-refractivity contribution in [1.29, 1.82) is 0 Å². The highest BCUT2D eigenvalue weighted by Crippen LogP contribution is 2.35. The van der Waals surface area contributed by atoms with Crippen molar-refractivity contribution in [3.63, 3.8) is 0 Å². The zero-order valence-electron chi connectivity index (χ0n) is 12.8. The molecule has 2 aliphatic rings. The van der Waals surface area contributed by atoms with Gasteiger partial charge in [0, 0.05) is 12.0 Å². The van der Waals surface area contributed by atoms with E-state index in [2.05, 4.69) is 5.32 Å². The molecule has 0 atom stereocenters. The van der Waals surface area contributed by atoms with Crippen LogP contribution in [0.3, 0.4) is 0 Å². The summed E-state index contributed by atoms with van der Waals surface area (Å²) in [6, 6.07) is 6.63. The number of nitrogens with zero attached hydrogens (tertiary/aromatic N) is 1. The maximum absolute atomic E-state index is 14.7. The third-order valence-electron chi connectivity index (χ3n) is 4.44. The van der Waals surface area contributed by atoms with E-state index in [0.717, 1.165) is 4.90 Å². The van der Waals surface area contributed by atoms with Crippen LogP contribution in [0.25, 0.3) is 0 Å². The fourth-order valence-electron chi connectivity index (χ4n) is 3.18. The van der Waals surface area contributed by atoms with Crippen LogP contribution in [0.15, 0.2) is 35.7 Å². The molecule has 1 aromatic rings. The summed E-state index contributed by atoms with van der Waals surface area (Å²) < 4.78 is 14.7. The van der Waals surface area contributed by atoms with Gasteiger partial charge in [-0.15, -0.1) is 0 Å². The lowest BCUT2D eigenvalue weighted by atomic mass is 9.79. The number of hydrogen-bond acceptors (Lipinski definition) is 3. The number of piperidine rings is 1. The van der Waals surface area contributed by atoms with Crippen molar-refractivity contribution in [3.05, 3.63) is 46.8 Å². The van der Waals surface area contributed by atoms with Gasteiger partial charge < -0.3 is 5.32 Å². The van der Waals surface area contributed by atoms with E-state index in [1.165, 1.54) is 0 Å². The maximum atomic E-state index is 14.7. The molecular formula is C17H19FN2O2. The number of halogens is 1. The number of carbonyl (C=O) groups excluding carboxylic acids is 2. The Morgan fingerprint density at radius 3 is 2.36 bits per heavy atom. The molecule has 1 aromatic carbocycles. The highest BCUT2D eigenvalue weighted by atomic mass is 19.1. The predicted octanol–water partition coefficient (Wildman–Crippen LogP) is 2.53. The van der Waals surface area contributed by atoms with Gasteiger partial charge in [0.2, 0.25) is 0 Å². The topological polar surface area (TPSA) is 49.4 Å². The Morgan fingerprint density at radius 1 is 1.23 bits per heavy atom. The largest absolute Gasteiger partial charge is 0.316 e. The molecule has 2 heterocycles. The Kier molecular flexibility index (Phi) is 3.60. The molecule has 0 aromatic heterocycles. The van der Waals surface area contributed by atoms with E-state index < -0.39 is 11.8 Å². The fourth-order valence-corrected chi connectivity index (χ4v) is 3.18. The Hall–Kier alpha value is -2.01. The lowest BCUT2D eigenvalue weighted by Crippen LogP contribution is -2.39. The van der Waals surface area contributed by atoms with E-state index in [1.807, 2.05) is 13.8 Å².